The molecule has 0 aromatic heterocycles. The van der Waals surface area contributed by atoms with Gasteiger partial charge in [-0.3, -0.25) is 0 Å². The Hall–Kier alpha value is 0.571. The van der Waals surface area contributed by atoms with Crippen LogP contribution in [0.5, 0.6) is 0 Å². The van der Waals surface area contributed by atoms with Crippen LogP contribution in [-0.4, -0.2) is 25.9 Å². The molecule has 0 aliphatic carbocycles. The molecule has 0 bridgehead atoms. The zero-order valence-electron chi connectivity index (χ0n) is 10.8. The van der Waals surface area contributed by atoms with Crippen molar-refractivity contribution >= 4 is 25.9 Å². The number of hydrogen-bond acceptors (Lipinski definition) is 2. The molecule has 1 atom stereocenters. The smallest absolute Gasteiger partial charge is 0.297 e. The van der Waals surface area contributed by atoms with Gasteiger partial charge < -0.3 is 8.23 Å². The average molecular weight is 251 g/mol. The van der Waals surface area contributed by atoms with Crippen LogP contribution in [-0.2, 0) is 8.23 Å². The Kier molecular flexibility index (Phi) is 5.83. The van der Waals surface area contributed by atoms with Crippen molar-refractivity contribution in [3.05, 3.63) is 0 Å². The van der Waals surface area contributed by atoms with Crippen LogP contribution in [0.1, 0.15) is 13.3 Å². The van der Waals surface area contributed by atoms with Crippen LogP contribution in [0.15, 0.2) is 0 Å². The van der Waals surface area contributed by atoms with Gasteiger partial charge in [-0.2, -0.15) is 0 Å². The van der Waals surface area contributed by atoms with E-state index in [2.05, 4.69) is 46.2 Å². The molecule has 0 aromatic rings. The fourth-order valence-corrected chi connectivity index (χ4v) is 11.5. The van der Waals surface area contributed by atoms with E-state index in [1.165, 1.54) is 12.5 Å². The first kappa shape index (κ1) is 14.6. The molecule has 5 heteroatoms. The summed E-state index contributed by atoms with van der Waals surface area (Å²) in [7, 11) is -4.15. The summed E-state index contributed by atoms with van der Waals surface area (Å²) in [4.78, 5) is 0. The molecule has 0 fully saturated rings. The molecular weight excluding hydrogens is 224 g/mol. The van der Waals surface area contributed by atoms with Gasteiger partial charge in [-0.15, -0.1) is 0 Å². The van der Waals surface area contributed by atoms with Gasteiger partial charge in [-0.25, -0.2) is 0 Å². The predicted molar refractivity (Wildman–Crippen MR) is 71.1 cm³/mol. The summed E-state index contributed by atoms with van der Waals surface area (Å²) in [6.45, 7) is 15.7. The minimum atomic E-state index is -1.41. The van der Waals surface area contributed by atoms with Gasteiger partial charge >= 0.3 is 0 Å². The Morgan fingerprint density at radius 2 is 1.50 bits per heavy atom. The lowest BCUT2D eigenvalue weighted by atomic mass is 10.6. The van der Waals surface area contributed by atoms with Crippen molar-refractivity contribution in [3.63, 3.8) is 0 Å². The molecule has 0 saturated heterocycles. The molecule has 0 aliphatic heterocycles. The van der Waals surface area contributed by atoms with Gasteiger partial charge in [-0.1, -0.05) is 13.3 Å². The van der Waals surface area contributed by atoms with Crippen LogP contribution in [0.25, 0.3) is 0 Å². The Bertz CT molecular complexity index is 166. The monoisotopic (exact) mass is 250 g/mol. The first-order chi connectivity index (χ1) is 6.16. The molecule has 86 valence electrons. The van der Waals surface area contributed by atoms with E-state index in [0.717, 1.165) is 0 Å². The highest BCUT2D eigenvalue weighted by atomic mass is 28.4. The van der Waals surface area contributed by atoms with Crippen molar-refractivity contribution in [2.75, 3.05) is 0 Å². The first-order valence-corrected chi connectivity index (χ1v) is 14.1. The number of hydrogen-bond donors (Lipinski definition) is 0. The van der Waals surface area contributed by atoms with Gasteiger partial charge in [0.15, 0.2) is 16.6 Å². The Balaban J connectivity index is 3.98. The second-order valence-corrected chi connectivity index (χ2v) is 16.7. The summed E-state index contributed by atoms with van der Waals surface area (Å²) < 4.78 is 12.2. The number of rotatable bonds is 6. The van der Waals surface area contributed by atoms with Gasteiger partial charge in [-0.05, 0) is 45.3 Å². The zero-order valence-corrected chi connectivity index (χ0v) is 14.0. The third kappa shape index (κ3) is 7.93. The van der Waals surface area contributed by atoms with Crippen molar-refractivity contribution in [3.8, 4) is 0 Å². The highest BCUT2D eigenvalue weighted by molar-refractivity contribution is 6.81. The van der Waals surface area contributed by atoms with E-state index in [4.69, 9.17) is 8.23 Å². The average Bonchev–Trinajstić information content (AvgIpc) is 1.78. The highest BCUT2D eigenvalue weighted by Gasteiger charge is 2.27. The molecule has 0 heterocycles. The Labute approximate surface area is 93.1 Å². The molecule has 0 rings (SSSR count). The Morgan fingerprint density at radius 3 is 1.86 bits per heavy atom. The van der Waals surface area contributed by atoms with E-state index >= 15 is 0 Å². The van der Waals surface area contributed by atoms with Crippen LogP contribution in [0.4, 0.5) is 0 Å². The van der Waals surface area contributed by atoms with Crippen LogP contribution in [0, 0.1) is 0 Å². The molecular formula is C9H26O2Si3. The summed E-state index contributed by atoms with van der Waals surface area (Å²) in [6, 6.07) is 1.25. The van der Waals surface area contributed by atoms with Gasteiger partial charge in [0.1, 0.15) is 0 Å². The largest absolute Gasteiger partial charge is 0.439 e. The van der Waals surface area contributed by atoms with E-state index in [-0.39, 0.29) is 0 Å². The lowest BCUT2D eigenvalue weighted by Gasteiger charge is -2.30. The van der Waals surface area contributed by atoms with E-state index < -0.39 is 25.9 Å². The molecule has 0 spiro atoms. The lowest BCUT2D eigenvalue weighted by Crippen LogP contribution is -2.42. The molecule has 1 unspecified atom stereocenters. The van der Waals surface area contributed by atoms with Crippen molar-refractivity contribution in [1.29, 1.82) is 0 Å². The summed E-state index contributed by atoms with van der Waals surface area (Å²) in [6.07, 6.45) is 1.23. The maximum absolute atomic E-state index is 6.14. The maximum Gasteiger partial charge on any atom is 0.297 e. The fourth-order valence-electron chi connectivity index (χ4n) is 1.63. The second kappa shape index (κ2) is 5.60. The summed E-state index contributed by atoms with van der Waals surface area (Å²) in [5.74, 6) is 0. The second-order valence-electron chi connectivity index (χ2n) is 5.43. The zero-order chi connectivity index (χ0) is 11.4. The topological polar surface area (TPSA) is 18.5 Å². The normalized spacial score (nSPS) is 15.6. The van der Waals surface area contributed by atoms with Crippen molar-refractivity contribution in [1.82, 2.24) is 0 Å². The van der Waals surface area contributed by atoms with Crippen molar-refractivity contribution in [2.24, 2.45) is 0 Å². The van der Waals surface area contributed by atoms with Gasteiger partial charge in [0, 0.05) is 0 Å². The molecule has 0 radical (unpaired) electrons. The van der Waals surface area contributed by atoms with E-state index in [1.54, 1.807) is 0 Å². The van der Waals surface area contributed by atoms with Crippen LogP contribution >= 0.6 is 0 Å². The maximum atomic E-state index is 6.14. The molecule has 0 saturated carbocycles. The van der Waals surface area contributed by atoms with Crippen LogP contribution < -0.4 is 0 Å². The molecule has 14 heavy (non-hydrogen) atoms. The third-order valence-corrected chi connectivity index (χ3v) is 11.6. The molecule has 0 amide bonds. The molecule has 0 aliphatic rings. The first-order valence-electron chi connectivity index (χ1n) is 5.52. The molecule has 0 aromatic carbocycles. The Morgan fingerprint density at radius 1 is 1.00 bits per heavy atom. The minimum absolute atomic E-state index is 1.23. The molecule has 2 nitrogen and oxygen atoms in total. The van der Waals surface area contributed by atoms with E-state index in [1.807, 2.05) is 0 Å². The molecule has 0 N–H and O–H groups in total. The fraction of sp³-hybridized carbons (Fsp3) is 1.00. The van der Waals surface area contributed by atoms with Gasteiger partial charge in [0.05, 0.1) is 0 Å². The van der Waals surface area contributed by atoms with Crippen LogP contribution in [0.2, 0.25) is 45.3 Å². The minimum Gasteiger partial charge on any atom is -0.439 e. The van der Waals surface area contributed by atoms with E-state index in [9.17, 15) is 0 Å². The van der Waals surface area contributed by atoms with E-state index in [0.29, 0.717) is 0 Å². The predicted octanol–water partition coefficient (Wildman–Crippen LogP) is 3.32. The van der Waals surface area contributed by atoms with Crippen molar-refractivity contribution in [2.45, 2.75) is 58.7 Å². The SMILES string of the molecule is CCC[Si](C)(C)O[SiH](C)O[Si](C)(C)C. The quantitative estimate of drug-likeness (QED) is 0.673. The summed E-state index contributed by atoms with van der Waals surface area (Å²) >= 11 is 0. The third-order valence-electron chi connectivity index (χ3n) is 1.86. The van der Waals surface area contributed by atoms with Gasteiger partial charge in [0.25, 0.3) is 9.28 Å². The highest BCUT2D eigenvalue weighted by Crippen LogP contribution is 2.16. The summed E-state index contributed by atoms with van der Waals surface area (Å²) in [5, 5.41) is 0. The lowest BCUT2D eigenvalue weighted by molar-refractivity contribution is 0.423. The standard InChI is InChI=1S/C9H26O2Si3/c1-8-9-14(6,7)11-12(2)10-13(3,4)5/h12H,8-9H2,1-7H3. The van der Waals surface area contributed by atoms with Gasteiger partial charge in [0.2, 0.25) is 0 Å². The summed E-state index contributed by atoms with van der Waals surface area (Å²) in [5.41, 5.74) is 0. The van der Waals surface area contributed by atoms with Crippen molar-refractivity contribution < 1.29 is 8.23 Å². The van der Waals surface area contributed by atoms with Crippen LogP contribution in [0.3, 0.4) is 0 Å².